The number of non-ortho nitro benzene ring substituents is 1. The Labute approximate surface area is 163 Å². The fourth-order valence-corrected chi connectivity index (χ4v) is 2.42. The van der Waals surface area contributed by atoms with E-state index in [1.165, 1.54) is 29.8 Å². The van der Waals surface area contributed by atoms with Crippen LogP contribution in [0.2, 0.25) is 0 Å². The molecule has 28 heavy (non-hydrogen) atoms. The molecule has 2 aromatic carbocycles. The highest BCUT2D eigenvalue weighted by molar-refractivity contribution is 5.94. The van der Waals surface area contributed by atoms with Crippen LogP contribution in [0.5, 0.6) is 0 Å². The molecule has 2 aromatic rings. The highest BCUT2D eigenvalue weighted by atomic mass is 16.6. The number of hydrogen-bond donors (Lipinski definition) is 1. The topological polar surface area (TPSA) is 98.5 Å². The van der Waals surface area contributed by atoms with Crippen LogP contribution in [-0.4, -0.2) is 23.4 Å². The van der Waals surface area contributed by atoms with Crippen molar-refractivity contribution in [3.8, 4) is 0 Å². The molecule has 0 saturated carbocycles. The number of amides is 1. The van der Waals surface area contributed by atoms with Crippen LogP contribution in [0.4, 0.5) is 11.4 Å². The van der Waals surface area contributed by atoms with Gasteiger partial charge in [-0.3, -0.25) is 14.9 Å². The number of hydrogen-bond acceptors (Lipinski definition) is 5. The lowest BCUT2D eigenvalue weighted by atomic mass is 9.99. The van der Waals surface area contributed by atoms with Crippen molar-refractivity contribution in [1.82, 2.24) is 0 Å². The zero-order chi connectivity index (χ0) is 20.5. The molecule has 0 fully saturated rings. The maximum absolute atomic E-state index is 11.9. The molecule has 0 aromatic heterocycles. The zero-order valence-electron chi connectivity index (χ0n) is 15.8. The minimum atomic E-state index is -0.714. The first kappa shape index (κ1) is 20.8. The molecule has 0 aliphatic rings. The summed E-state index contributed by atoms with van der Waals surface area (Å²) in [5, 5.41) is 13.4. The smallest absolute Gasteiger partial charge is 0.331 e. The number of nitrogens with one attached hydrogen (secondary N) is 1. The second-order valence-corrected chi connectivity index (χ2v) is 6.27. The van der Waals surface area contributed by atoms with Gasteiger partial charge in [-0.05, 0) is 41.7 Å². The molecule has 0 spiro atoms. The number of nitro groups is 1. The van der Waals surface area contributed by atoms with E-state index in [1.54, 1.807) is 6.07 Å². The van der Waals surface area contributed by atoms with Crippen molar-refractivity contribution in [1.29, 1.82) is 0 Å². The fourth-order valence-electron chi connectivity index (χ4n) is 2.42. The van der Waals surface area contributed by atoms with Gasteiger partial charge in [0.1, 0.15) is 0 Å². The van der Waals surface area contributed by atoms with Gasteiger partial charge in [0, 0.05) is 23.9 Å². The molecular weight excluding hydrogens is 360 g/mol. The summed E-state index contributed by atoms with van der Waals surface area (Å²) < 4.78 is 4.88. The summed E-state index contributed by atoms with van der Waals surface area (Å²) in [5.74, 6) is -0.717. The number of carbonyl (C=O) groups is 2. The van der Waals surface area contributed by atoms with Gasteiger partial charge in [0.15, 0.2) is 6.61 Å². The van der Waals surface area contributed by atoms with Gasteiger partial charge in [0.2, 0.25) is 0 Å². The van der Waals surface area contributed by atoms with E-state index in [1.807, 2.05) is 24.3 Å². The predicted molar refractivity (Wildman–Crippen MR) is 107 cm³/mol. The number of carbonyl (C=O) groups excluding carboxylic acids is 2. The number of esters is 1. The van der Waals surface area contributed by atoms with Gasteiger partial charge in [0.05, 0.1) is 4.92 Å². The van der Waals surface area contributed by atoms with Crippen LogP contribution >= 0.6 is 0 Å². The molecule has 0 aliphatic carbocycles. The Balaban J connectivity index is 1.83. The maximum atomic E-state index is 11.9. The average Bonchev–Trinajstić information content (AvgIpc) is 2.71. The monoisotopic (exact) mass is 382 g/mol. The molecule has 0 saturated heterocycles. The van der Waals surface area contributed by atoms with Crippen molar-refractivity contribution in [2.24, 2.45) is 0 Å². The SMILES string of the molecule is CC[C@H](C)c1ccc(NC(=O)COC(=O)/C=C/c2cccc([N+](=O)[O-])c2)cc1. The van der Waals surface area contributed by atoms with E-state index in [-0.39, 0.29) is 5.69 Å². The van der Waals surface area contributed by atoms with Crippen LogP contribution < -0.4 is 5.32 Å². The van der Waals surface area contributed by atoms with E-state index in [9.17, 15) is 19.7 Å². The molecule has 7 nitrogen and oxygen atoms in total. The Hall–Kier alpha value is -3.48. The lowest BCUT2D eigenvalue weighted by molar-refractivity contribution is -0.384. The Kier molecular flexibility index (Phi) is 7.45. The Morgan fingerprint density at radius 2 is 1.93 bits per heavy atom. The van der Waals surface area contributed by atoms with Gasteiger partial charge in [0.25, 0.3) is 11.6 Å². The number of ether oxygens (including phenoxy) is 1. The van der Waals surface area contributed by atoms with Crippen molar-refractivity contribution in [3.05, 3.63) is 75.8 Å². The summed E-state index contributed by atoms with van der Waals surface area (Å²) in [6.07, 6.45) is 3.54. The summed E-state index contributed by atoms with van der Waals surface area (Å²) in [4.78, 5) is 33.8. The number of nitro benzene ring substituents is 1. The van der Waals surface area contributed by atoms with Crippen molar-refractivity contribution < 1.29 is 19.2 Å². The normalized spacial score (nSPS) is 11.8. The molecule has 2 rings (SSSR count). The molecule has 0 unspecified atom stereocenters. The number of benzene rings is 2. The van der Waals surface area contributed by atoms with Crippen molar-refractivity contribution >= 4 is 29.3 Å². The average molecular weight is 382 g/mol. The van der Waals surface area contributed by atoms with Crippen LogP contribution in [0.25, 0.3) is 6.08 Å². The first-order chi connectivity index (χ1) is 13.4. The predicted octanol–water partition coefficient (Wildman–Crippen LogP) is 4.30. The van der Waals surface area contributed by atoms with Gasteiger partial charge >= 0.3 is 5.97 Å². The summed E-state index contributed by atoms with van der Waals surface area (Å²) >= 11 is 0. The Morgan fingerprint density at radius 1 is 1.21 bits per heavy atom. The molecule has 0 bridgehead atoms. The molecule has 146 valence electrons. The second-order valence-electron chi connectivity index (χ2n) is 6.27. The minimum absolute atomic E-state index is 0.0748. The van der Waals surface area contributed by atoms with E-state index in [2.05, 4.69) is 19.2 Å². The summed E-state index contributed by atoms with van der Waals surface area (Å²) in [7, 11) is 0. The zero-order valence-corrected chi connectivity index (χ0v) is 15.8. The van der Waals surface area contributed by atoms with Crippen molar-refractivity contribution in [2.75, 3.05) is 11.9 Å². The molecule has 0 radical (unpaired) electrons. The van der Waals surface area contributed by atoms with Gasteiger partial charge < -0.3 is 10.1 Å². The highest BCUT2D eigenvalue weighted by Gasteiger charge is 2.08. The van der Waals surface area contributed by atoms with E-state index in [4.69, 9.17) is 4.74 Å². The standard InChI is InChI=1S/C21H22N2O5/c1-3-15(2)17-8-10-18(11-9-17)22-20(24)14-28-21(25)12-7-16-5-4-6-19(13-16)23(26)27/h4-13,15H,3,14H2,1-2H3,(H,22,24)/b12-7+/t15-/m0/s1. The maximum Gasteiger partial charge on any atom is 0.331 e. The summed E-state index contributed by atoms with van der Waals surface area (Å²) in [5.41, 5.74) is 2.23. The molecule has 0 aliphatic heterocycles. The fraction of sp³-hybridized carbons (Fsp3) is 0.238. The number of rotatable bonds is 8. The van der Waals surface area contributed by atoms with Gasteiger partial charge in [-0.25, -0.2) is 4.79 Å². The lowest BCUT2D eigenvalue weighted by Crippen LogP contribution is -2.20. The highest BCUT2D eigenvalue weighted by Crippen LogP contribution is 2.20. The van der Waals surface area contributed by atoms with Crippen LogP contribution in [-0.2, 0) is 14.3 Å². The van der Waals surface area contributed by atoms with Gasteiger partial charge in [-0.1, -0.05) is 38.1 Å². The Morgan fingerprint density at radius 3 is 2.57 bits per heavy atom. The molecule has 0 heterocycles. The molecule has 7 heteroatoms. The minimum Gasteiger partial charge on any atom is -0.452 e. The number of anilines is 1. The summed E-state index contributed by atoms with van der Waals surface area (Å²) in [6, 6.07) is 13.4. The molecule has 1 atom stereocenters. The van der Waals surface area contributed by atoms with Gasteiger partial charge in [-0.15, -0.1) is 0 Å². The Bertz CT molecular complexity index is 875. The lowest BCUT2D eigenvalue weighted by Gasteiger charge is -2.10. The van der Waals surface area contributed by atoms with E-state index in [0.717, 1.165) is 12.5 Å². The third-order valence-corrected chi connectivity index (χ3v) is 4.21. The number of nitrogens with zero attached hydrogens (tertiary/aromatic N) is 1. The van der Waals surface area contributed by atoms with E-state index in [0.29, 0.717) is 17.2 Å². The summed E-state index contributed by atoms with van der Waals surface area (Å²) in [6.45, 7) is 3.82. The van der Waals surface area contributed by atoms with E-state index < -0.39 is 23.4 Å². The molecule has 1 amide bonds. The quantitative estimate of drug-likeness (QED) is 0.318. The van der Waals surface area contributed by atoms with Crippen LogP contribution in [0, 0.1) is 10.1 Å². The van der Waals surface area contributed by atoms with Crippen LogP contribution in [0.15, 0.2) is 54.6 Å². The third-order valence-electron chi connectivity index (χ3n) is 4.21. The van der Waals surface area contributed by atoms with Crippen LogP contribution in [0.3, 0.4) is 0 Å². The first-order valence-electron chi connectivity index (χ1n) is 8.88. The second kappa shape index (κ2) is 10.0. The van der Waals surface area contributed by atoms with Crippen LogP contribution in [0.1, 0.15) is 37.3 Å². The molecule has 1 N–H and O–H groups in total. The largest absolute Gasteiger partial charge is 0.452 e. The third kappa shape index (κ3) is 6.35. The van der Waals surface area contributed by atoms with Crippen molar-refractivity contribution in [3.63, 3.8) is 0 Å². The van der Waals surface area contributed by atoms with Gasteiger partial charge in [-0.2, -0.15) is 0 Å². The van der Waals surface area contributed by atoms with Crippen molar-refractivity contribution in [2.45, 2.75) is 26.2 Å². The first-order valence-corrected chi connectivity index (χ1v) is 8.88. The van der Waals surface area contributed by atoms with E-state index >= 15 is 0 Å². The molecular formula is C21H22N2O5.